The van der Waals surface area contributed by atoms with Crippen LogP contribution in [0.5, 0.6) is 0 Å². The molecule has 0 spiro atoms. The molecule has 5 nitrogen and oxygen atoms in total. The molecule has 0 bridgehead atoms. The predicted octanol–water partition coefficient (Wildman–Crippen LogP) is 4.13. The van der Waals surface area contributed by atoms with E-state index in [0.717, 1.165) is 26.2 Å². The second-order valence-corrected chi connectivity index (χ2v) is 10.5. The van der Waals surface area contributed by atoms with E-state index in [1.165, 1.54) is 10.4 Å². The molecular weight excluding hydrogens is 438 g/mol. The van der Waals surface area contributed by atoms with Gasteiger partial charge in [0.05, 0.1) is 15.8 Å². The van der Waals surface area contributed by atoms with Gasteiger partial charge in [0, 0.05) is 44.1 Å². The van der Waals surface area contributed by atoms with Crippen LogP contribution in [0, 0.1) is 6.92 Å². The predicted molar refractivity (Wildman–Crippen MR) is 124 cm³/mol. The zero-order chi connectivity index (χ0) is 21.3. The van der Waals surface area contributed by atoms with Crippen LogP contribution in [0.4, 0.5) is 0 Å². The molecule has 2 fully saturated rings. The summed E-state index contributed by atoms with van der Waals surface area (Å²) in [5.74, 6) is 0.221. The molecule has 0 aliphatic carbocycles. The van der Waals surface area contributed by atoms with Crippen molar-refractivity contribution in [3.05, 3.63) is 56.7 Å². The van der Waals surface area contributed by atoms with E-state index in [1.807, 2.05) is 28.9 Å². The first-order valence-corrected chi connectivity index (χ1v) is 12.4. The van der Waals surface area contributed by atoms with E-state index in [9.17, 15) is 9.59 Å². The summed E-state index contributed by atoms with van der Waals surface area (Å²) in [7, 11) is 0. The van der Waals surface area contributed by atoms with Gasteiger partial charge >= 0.3 is 0 Å². The summed E-state index contributed by atoms with van der Waals surface area (Å²) in [6.07, 6.45) is 0. The van der Waals surface area contributed by atoms with Gasteiger partial charge in [-0.05, 0) is 43.0 Å². The molecule has 1 aromatic heterocycles. The Balaban J connectivity index is 1.33. The Labute approximate surface area is 191 Å². The van der Waals surface area contributed by atoms with Crippen LogP contribution in [0.15, 0.2) is 35.7 Å². The maximum absolute atomic E-state index is 12.8. The Morgan fingerprint density at radius 1 is 1.13 bits per heavy atom. The first kappa shape index (κ1) is 21.7. The van der Waals surface area contributed by atoms with Crippen molar-refractivity contribution in [1.29, 1.82) is 0 Å². The van der Waals surface area contributed by atoms with E-state index in [2.05, 4.69) is 23.3 Å². The lowest BCUT2D eigenvalue weighted by atomic mass is 10.2. The molecule has 2 saturated heterocycles. The number of benzene rings is 1. The minimum atomic E-state index is -0.00608. The molecule has 0 radical (unpaired) electrons. The molecule has 2 aliphatic rings. The molecule has 2 unspecified atom stereocenters. The maximum atomic E-state index is 12.8. The summed E-state index contributed by atoms with van der Waals surface area (Å²) in [6, 6.07) is 9.33. The second-order valence-electron chi connectivity index (χ2n) is 7.74. The summed E-state index contributed by atoms with van der Waals surface area (Å²) < 4.78 is 0. The molecular formula is C22H26ClN3O2S2. The maximum Gasteiger partial charge on any atom is 0.255 e. The highest BCUT2D eigenvalue weighted by Crippen LogP contribution is 2.45. The van der Waals surface area contributed by atoms with E-state index in [0.29, 0.717) is 23.7 Å². The fraction of sp³-hybridized carbons (Fsp3) is 0.455. The van der Waals surface area contributed by atoms with E-state index >= 15 is 0 Å². The normalized spacial score (nSPS) is 22.7. The Morgan fingerprint density at radius 3 is 2.53 bits per heavy atom. The van der Waals surface area contributed by atoms with Crippen molar-refractivity contribution < 1.29 is 9.59 Å². The monoisotopic (exact) mass is 463 g/mol. The second kappa shape index (κ2) is 9.30. The van der Waals surface area contributed by atoms with Crippen LogP contribution in [-0.2, 0) is 4.79 Å². The molecule has 0 N–H and O–H groups in total. The van der Waals surface area contributed by atoms with Gasteiger partial charge in [0.2, 0.25) is 5.91 Å². The van der Waals surface area contributed by atoms with Crippen molar-refractivity contribution in [2.45, 2.75) is 24.5 Å². The molecule has 2 aromatic rings. The standard InChI is InChI=1S/C22H26ClN3O2S2/c1-15-7-14-29-19(15)22-26(20(27)16(2)30-22)13-10-24-8-11-25(12-9-24)21(28)17-5-3-4-6-18(17)23/h3-7,14,16,22H,8-13H2,1-2H3. The Morgan fingerprint density at radius 2 is 1.87 bits per heavy atom. The third-order valence-electron chi connectivity index (χ3n) is 5.79. The van der Waals surface area contributed by atoms with Crippen LogP contribution in [0.3, 0.4) is 0 Å². The Bertz CT molecular complexity index is 927. The summed E-state index contributed by atoms with van der Waals surface area (Å²) >= 11 is 9.67. The SMILES string of the molecule is Cc1ccsc1C1SC(C)C(=O)N1CCN1CCN(C(=O)c2ccccc2Cl)CC1. The molecule has 4 rings (SSSR count). The van der Waals surface area contributed by atoms with E-state index in [1.54, 1.807) is 35.2 Å². The molecule has 8 heteroatoms. The van der Waals surface area contributed by atoms with E-state index in [4.69, 9.17) is 11.6 Å². The first-order chi connectivity index (χ1) is 14.5. The number of carbonyl (C=O) groups excluding carboxylic acids is 2. The van der Waals surface area contributed by atoms with Crippen LogP contribution >= 0.6 is 34.7 Å². The van der Waals surface area contributed by atoms with Gasteiger partial charge in [0.15, 0.2) is 0 Å². The van der Waals surface area contributed by atoms with E-state index < -0.39 is 0 Å². The number of thiophene rings is 1. The lowest BCUT2D eigenvalue weighted by Crippen LogP contribution is -2.50. The topological polar surface area (TPSA) is 43.9 Å². The van der Waals surface area contributed by atoms with Crippen LogP contribution in [0.1, 0.15) is 33.1 Å². The van der Waals surface area contributed by atoms with Gasteiger partial charge in [-0.25, -0.2) is 0 Å². The largest absolute Gasteiger partial charge is 0.336 e. The molecule has 30 heavy (non-hydrogen) atoms. The van der Waals surface area contributed by atoms with Gasteiger partial charge in [0.1, 0.15) is 5.37 Å². The third kappa shape index (κ3) is 4.40. The number of rotatable bonds is 5. The first-order valence-electron chi connectivity index (χ1n) is 10.2. The Kier molecular flexibility index (Phi) is 6.72. The van der Waals surface area contributed by atoms with Gasteiger partial charge in [-0.3, -0.25) is 14.5 Å². The third-order valence-corrected chi connectivity index (χ3v) is 8.70. The lowest BCUT2D eigenvalue weighted by molar-refractivity contribution is -0.130. The van der Waals surface area contributed by atoms with Crippen LogP contribution in [0.2, 0.25) is 5.02 Å². The number of amides is 2. The zero-order valence-corrected chi connectivity index (χ0v) is 19.6. The average Bonchev–Trinajstić information content (AvgIpc) is 3.29. The average molecular weight is 464 g/mol. The van der Waals surface area contributed by atoms with Gasteiger partial charge in [-0.1, -0.05) is 23.7 Å². The number of piperazine rings is 1. The van der Waals surface area contributed by atoms with Gasteiger partial charge in [-0.15, -0.1) is 23.1 Å². The van der Waals surface area contributed by atoms with Crippen LogP contribution in [0.25, 0.3) is 0 Å². The molecule has 3 heterocycles. The molecule has 0 saturated carbocycles. The minimum Gasteiger partial charge on any atom is -0.336 e. The highest BCUT2D eigenvalue weighted by molar-refractivity contribution is 8.01. The number of aryl methyl sites for hydroxylation is 1. The van der Waals surface area contributed by atoms with Crippen molar-refractivity contribution in [3.8, 4) is 0 Å². The van der Waals surface area contributed by atoms with Crippen LogP contribution in [-0.4, -0.2) is 71.0 Å². The number of thioether (sulfide) groups is 1. The van der Waals surface area contributed by atoms with Gasteiger partial charge in [0.25, 0.3) is 5.91 Å². The highest BCUT2D eigenvalue weighted by atomic mass is 35.5. The number of nitrogens with zero attached hydrogens (tertiary/aromatic N) is 3. The van der Waals surface area contributed by atoms with Crippen molar-refractivity contribution in [3.63, 3.8) is 0 Å². The van der Waals surface area contributed by atoms with Crippen molar-refractivity contribution in [1.82, 2.24) is 14.7 Å². The fourth-order valence-electron chi connectivity index (χ4n) is 3.97. The van der Waals surface area contributed by atoms with E-state index in [-0.39, 0.29) is 22.4 Å². The Hall–Kier alpha value is -1.54. The minimum absolute atomic E-state index is 0.00147. The summed E-state index contributed by atoms with van der Waals surface area (Å²) in [5.41, 5.74) is 1.83. The lowest BCUT2D eigenvalue weighted by Gasteiger charge is -2.36. The molecule has 1 aromatic carbocycles. The highest BCUT2D eigenvalue weighted by Gasteiger charge is 2.39. The van der Waals surface area contributed by atoms with Crippen molar-refractivity contribution in [2.24, 2.45) is 0 Å². The molecule has 2 aliphatic heterocycles. The molecule has 2 atom stereocenters. The summed E-state index contributed by atoms with van der Waals surface area (Å²) in [5, 5.41) is 2.72. The number of halogens is 1. The number of hydrogen-bond acceptors (Lipinski definition) is 5. The summed E-state index contributed by atoms with van der Waals surface area (Å²) in [6.45, 7) is 8.64. The molecule has 160 valence electrons. The molecule has 2 amide bonds. The quantitative estimate of drug-likeness (QED) is 0.668. The number of carbonyl (C=O) groups is 2. The fourth-order valence-corrected chi connectivity index (χ4v) is 6.74. The zero-order valence-electron chi connectivity index (χ0n) is 17.2. The van der Waals surface area contributed by atoms with Crippen molar-refractivity contribution in [2.75, 3.05) is 39.3 Å². The number of hydrogen-bond donors (Lipinski definition) is 0. The van der Waals surface area contributed by atoms with Crippen LogP contribution < -0.4 is 0 Å². The van der Waals surface area contributed by atoms with Crippen molar-refractivity contribution >= 4 is 46.5 Å². The summed E-state index contributed by atoms with van der Waals surface area (Å²) in [4.78, 5) is 33.0. The van der Waals surface area contributed by atoms with Gasteiger partial charge in [-0.2, -0.15) is 0 Å². The van der Waals surface area contributed by atoms with Gasteiger partial charge < -0.3 is 9.80 Å². The smallest absolute Gasteiger partial charge is 0.255 e.